The van der Waals surface area contributed by atoms with Gasteiger partial charge in [-0.25, -0.2) is 12.8 Å². The maximum atomic E-state index is 13.3. The lowest BCUT2D eigenvalue weighted by Crippen LogP contribution is -2.36. The summed E-state index contributed by atoms with van der Waals surface area (Å²) in [5, 5.41) is 11.5. The van der Waals surface area contributed by atoms with Crippen molar-refractivity contribution in [1.82, 2.24) is 9.79 Å². The maximum Gasteiger partial charge on any atom is 0.243 e. The lowest BCUT2D eigenvalue weighted by molar-refractivity contribution is -0.114. The number of sulfonamides is 1. The van der Waals surface area contributed by atoms with Crippen molar-refractivity contribution >= 4 is 21.6 Å². The highest BCUT2D eigenvalue weighted by molar-refractivity contribution is 7.89. The van der Waals surface area contributed by atoms with E-state index in [0.29, 0.717) is 17.7 Å². The Bertz CT molecular complexity index is 1140. The van der Waals surface area contributed by atoms with Crippen molar-refractivity contribution in [3.05, 3.63) is 71.2 Å². The zero-order valence-electron chi connectivity index (χ0n) is 16.8. The van der Waals surface area contributed by atoms with Crippen molar-refractivity contribution in [3.63, 3.8) is 0 Å². The Hall–Kier alpha value is -3.26. The monoisotopic (exact) mass is 444 g/mol. The predicted molar refractivity (Wildman–Crippen MR) is 111 cm³/mol. The third kappa shape index (κ3) is 5.67. The van der Waals surface area contributed by atoms with Gasteiger partial charge in [0.25, 0.3) is 0 Å². The van der Waals surface area contributed by atoms with Crippen molar-refractivity contribution in [3.8, 4) is 6.07 Å². The van der Waals surface area contributed by atoms with Crippen LogP contribution in [-0.2, 0) is 26.3 Å². The van der Waals surface area contributed by atoms with E-state index < -0.39 is 15.8 Å². The minimum absolute atomic E-state index is 0.0519. The summed E-state index contributed by atoms with van der Waals surface area (Å²) in [6.45, 7) is 1.95. The van der Waals surface area contributed by atoms with E-state index in [1.165, 1.54) is 41.6 Å². The highest BCUT2D eigenvalue weighted by Crippen LogP contribution is 2.21. The molecule has 3 rings (SSSR count). The molecule has 162 valence electrons. The Kier molecular flexibility index (Phi) is 7.02. The zero-order valence-corrected chi connectivity index (χ0v) is 17.6. The second-order valence-electron chi connectivity index (χ2n) is 6.86. The molecule has 0 saturated heterocycles. The molecule has 0 unspecified atom stereocenters. The summed E-state index contributed by atoms with van der Waals surface area (Å²) in [7, 11) is -3.66. The molecule has 1 aliphatic rings. The minimum atomic E-state index is -3.66. The fourth-order valence-corrected chi connectivity index (χ4v) is 4.36. The maximum absolute atomic E-state index is 13.3. The van der Waals surface area contributed by atoms with Gasteiger partial charge in [-0.3, -0.25) is 15.1 Å². The number of anilines is 1. The van der Waals surface area contributed by atoms with Crippen LogP contribution in [0.5, 0.6) is 0 Å². The molecule has 0 fully saturated rings. The van der Waals surface area contributed by atoms with Crippen LogP contribution in [-0.4, -0.2) is 31.7 Å². The fourth-order valence-electron chi connectivity index (χ4n) is 2.98. The molecule has 2 N–H and O–H groups in total. The number of benzene rings is 2. The Balaban J connectivity index is 1.55. The molecule has 0 radical (unpaired) electrons. The summed E-state index contributed by atoms with van der Waals surface area (Å²) in [6, 6.07) is 11.9. The molecule has 2 aromatic rings. The van der Waals surface area contributed by atoms with E-state index >= 15 is 0 Å². The standard InChI is InChI=1S/C21H21FN4O4S/c1-15(27)24-18-3-5-20(6-4-18)31(28,29)26-10-8-19(9-11-26)25-30-14-16-2-7-21(22)17(12-16)13-23/h2-8,12,25H,9-11,14H2,1H3,(H,24,27). The highest BCUT2D eigenvalue weighted by atomic mass is 32.2. The van der Waals surface area contributed by atoms with Gasteiger partial charge in [0.1, 0.15) is 11.9 Å². The molecule has 2 aromatic carbocycles. The van der Waals surface area contributed by atoms with Crippen LogP contribution >= 0.6 is 0 Å². The van der Waals surface area contributed by atoms with Crippen LogP contribution in [0.3, 0.4) is 0 Å². The molecule has 0 spiro atoms. The molecule has 0 atom stereocenters. The van der Waals surface area contributed by atoms with E-state index in [4.69, 9.17) is 10.1 Å². The summed E-state index contributed by atoms with van der Waals surface area (Å²) >= 11 is 0. The first-order valence-electron chi connectivity index (χ1n) is 9.43. The van der Waals surface area contributed by atoms with Crippen LogP contribution in [0.1, 0.15) is 24.5 Å². The number of nitriles is 1. The SMILES string of the molecule is CC(=O)Nc1ccc(S(=O)(=O)N2CC=C(NOCc3ccc(F)c(C#N)c3)CC2)cc1. The second-order valence-corrected chi connectivity index (χ2v) is 8.80. The van der Waals surface area contributed by atoms with Gasteiger partial charge in [-0.1, -0.05) is 6.07 Å². The number of amides is 1. The van der Waals surface area contributed by atoms with Crippen molar-refractivity contribution in [1.29, 1.82) is 5.26 Å². The van der Waals surface area contributed by atoms with Crippen molar-refractivity contribution in [2.24, 2.45) is 0 Å². The third-order valence-corrected chi connectivity index (χ3v) is 6.46. The summed E-state index contributed by atoms with van der Waals surface area (Å²) < 4.78 is 40.3. The van der Waals surface area contributed by atoms with Crippen molar-refractivity contribution in [2.75, 3.05) is 18.4 Å². The van der Waals surface area contributed by atoms with Gasteiger partial charge >= 0.3 is 0 Å². The number of hydrogen-bond donors (Lipinski definition) is 2. The quantitative estimate of drug-likeness (QED) is 0.635. The number of carbonyl (C=O) groups is 1. The topological polar surface area (TPSA) is 112 Å². The molecular formula is C21H21FN4O4S. The van der Waals surface area contributed by atoms with Crippen molar-refractivity contribution < 1.29 is 22.4 Å². The molecule has 1 amide bonds. The Labute approximate surface area is 179 Å². The third-order valence-electron chi connectivity index (χ3n) is 4.58. The van der Waals surface area contributed by atoms with E-state index in [2.05, 4.69) is 10.8 Å². The van der Waals surface area contributed by atoms with Gasteiger partial charge in [-0.05, 0) is 48.0 Å². The smallest absolute Gasteiger partial charge is 0.243 e. The average Bonchev–Trinajstić information content (AvgIpc) is 2.75. The first-order valence-corrected chi connectivity index (χ1v) is 10.9. The molecule has 0 aromatic heterocycles. The summed E-state index contributed by atoms with van der Waals surface area (Å²) in [5.74, 6) is -0.816. The molecule has 1 aliphatic heterocycles. The molecule has 31 heavy (non-hydrogen) atoms. The van der Waals surface area contributed by atoms with Crippen LogP contribution < -0.4 is 10.8 Å². The Morgan fingerprint density at radius 1 is 1.26 bits per heavy atom. The number of carbonyl (C=O) groups excluding carboxylic acids is 1. The van der Waals surface area contributed by atoms with E-state index in [1.807, 2.05) is 0 Å². The van der Waals surface area contributed by atoms with Gasteiger partial charge in [0.05, 0.1) is 17.1 Å². The molecule has 0 bridgehead atoms. The molecule has 0 saturated carbocycles. The number of hydroxylamine groups is 1. The molecule has 8 nitrogen and oxygen atoms in total. The van der Waals surface area contributed by atoms with Crippen LogP contribution in [0.15, 0.2) is 59.1 Å². The summed E-state index contributed by atoms with van der Waals surface area (Å²) in [4.78, 5) is 16.6. The normalized spacial score (nSPS) is 14.4. The summed E-state index contributed by atoms with van der Waals surface area (Å²) in [6.07, 6.45) is 2.15. The number of hydrogen-bond acceptors (Lipinski definition) is 6. The largest absolute Gasteiger partial charge is 0.326 e. The first-order chi connectivity index (χ1) is 14.8. The van der Waals surface area contributed by atoms with E-state index in [1.54, 1.807) is 24.3 Å². The van der Waals surface area contributed by atoms with Crippen LogP contribution in [0, 0.1) is 17.1 Å². The fraction of sp³-hybridized carbons (Fsp3) is 0.238. The molecule has 10 heteroatoms. The lowest BCUT2D eigenvalue weighted by atomic mass is 10.1. The van der Waals surface area contributed by atoms with Gasteiger partial charge in [0.2, 0.25) is 15.9 Å². The Morgan fingerprint density at radius 2 is 2.00 bits per heavy atom. The first kappa shape index (κ1) is 22.4. The minimum Gasteiger partial charge on any atom is -0.326 e. The number of halogens is 1. The number of nitrogens with zero attached hydrogens (tertiary/aromatic N) is 2. The predicted octanol–water partition coefficient (Wildman–Crippen LogP) is 2.66. The van der Waals surface area contributed by atoms with E-state index in [9.17, 15) is 17.6 Å². The molecule has 1 heterocycles. The van der Waals surface area contributed by atoms with E-state index in [-0.39, 0.29) is 36.1 Å². The highest BCUT2D eigenvalue weighted by Gasteiger charge is 2.26. The van der Waals surface area contributed by atoms with Gasteiger partial charge in [-0.15, -0.1) is 0 Å². The molecular weight excluding hydrogens is 423 g/mol. The zero-order chi connectivity index (χ0) is 22.4. The van der Waals surface area contributed by atoms with Gasteiger partial charge < -0.3 is 5.32 Å². The van der Waals surface area contributed by atoms with Gasteiger partial charge in [0.15, 0.2) is 0 Å². The van der Waals surface area contributed by atoms with Gasteiger partial charge in [-0.2, -0.15) is 9.57 Å². The van der Waals surface area contributed by atoms with Crippen molar-refractivity contribution in [2.45, 2.75) is 24.8 Å². The number of nitrogens with one attached hydrogen (secondary N) is 2. The average molecular weight is 444 g/mol. The van der Waals surface area contributed by atoms with Crippen LogP contribution in [0.4, 0.5) is 10.1 Å². The Morgan fingerprint density at radius 3 is 2.61 bits per heavy atom. The van der Waals surface area contributed by atoms with Gasteiger partial charge in [0, 0.05) is 37.8 Å². The molecule has 0 aliphatic carbocycles. The van der Waals surface area contributed by atoms with Crippen LogP contribution in [0.2, 0.25) is 0 Å². The summed E-state index contributed by atoms with van der Waals surface area (Å²) in [5.41, 5.74) is 4.62. The van der Waals surface area contributed by atoms with Crippen LogP contribution in [0.25, 0.3) is 0 Å². The number of rotatable bonds is 7. The second kappa shape index (κ2) is 9.70. The van der Waals surface area contributed by atoms with E-state index in [0.717, 1.165) is 5.70 Å². The lowest BCUT2D eigenvalue weighted by Gasteiger charge is -2.26.